The minimum absolute atomic E-state index is 0.0353. The smallest absolute Gasteiger partial charge is 0.202 e. The Kier molecular flexibility index (Phi) is 7.68. The van der Waals surface area contributed by atoms with Gasteiger partial charge in [0.1, 0.15) is 35.6 Å². The van der Waals surface area contributed by atoms with E-state index in [4.69, 9.17) is 28.4 Å². The maximum absolute atomic E-state index is 13.9. The van der Waals surface area contributed by atoms with E-state index in [1.807, 2.05) is 6.92 Å². The monoisotopic (exact) mass is 641 g/mol. The first-order chi connectivity index (χ1) is 22.0. The number of fused-ring (bicyclic) bond motifs is 6. The fourth-order valence-electron chi connectivity index (χ4n) is 7.69. The van der Waals surface area contributed by atoms with E-state index in [1.54, 1.807) is 0 Å². The van der Waals surface area contributed by atoms with Gasteiger partial charge in [-0.25, -0.2) is 0 Å². The molecular weight excluding hydrogens is 606 g/mol. The van der Waals surface area contributed by atoms with Crippen LogP contribution in [-0.4, -0.2) is 119 Å². The van der Waals surface area contributed by atoms with Gasteiger partial charge in [0.15, 0.2) is 30.4 Å². The number of carbonyl (C=O) groups is 3. The number of aliphatic hydroxyl groups is 2. The van der Waals surface area contributed by atoms with Crippen molar-refractivity contribution in [1.29, 1.82) is 0 Å². The van der Waals surface area contributed by atoms with Crippen LogP contribution in [0, 0.1) is 0 Å². The fraction of sp³-hybridized carbons (Fsp3) is 0.531. The number of benzene rings is 2. The number of hydrogen-bond donors (Lipinski definition) is 4. The topological polar surface area (TPSA) is 191 Å². The van der Waals surface area contributed by atoms with Crippen LogP contribution in [0.4, 0.5) is 0 Å². The quantitative estimate of drug-likeness (QED) is 0.275. The summed E-state index contributed by atoms with van der Waals surface area (Å²) < 4.78 is 35.3. The van der Waals surface area contributed by atoms with Crippen LogP contribution in [-0.2, 0) is 34.9 Å². The second-order valence-corrected chi connectivity index (χ2v) is 12.3. The number of ketones is 3. The van der Waals surface area contributed by atoms with Crippen molar-refractivity contribution in [3.05, 3.63) is 51.6 Å². The van der Waals surface area contributed by atoms with Crippen molar-refractivity contribution in [3.63, 3.8) is 0 Å². The van der Waals surface area contributed by atoms with Crippen LogP contribution in [0.15, 0.2) is 18.2 Å². The molecule has 14 nitrogen and oxygen atoms in total. The van der Waals surface area contributed by atoms with E-state index in [0.717, 1.165) is 0 Å². The zero-order chi connectivity index (χ0) is 32.7. The van der Waals surface area contributed by atoms with Gasteiger partial charge >= 0.3 is 0 Å². The number of aromatic hydroxyl groups is 2. The number of morpholine rings is 1. The highest BCUT2D eigenvalue weighted by atomic mass is 16.7. The third-order valence-corrected chi connectivity index (χ3v) is 9.84. The van der Waals surface area contributed by atoms with E-state index < -0.39 is 96.0 Å². The summed E-state index contributed by atoms with van der Waals surface area (Å²) in [5.41, 5.74) is -3.43. The first-order valence-electron chi connectivity index (χ1n) is 15.1. The first-order valence-corrected chi connectivity index (χ1v) is 15.1. The summed E-state index contributed by atoms with van der Waals surface area (Å²) in [6.45, 7) is 1.82. The molecule has 2 unspecified atom stereocenters. The van der Waals surface area contributed by atoms with Crippen LogP contribution in [0.3, 0.4) is 0 Å². The minimum Gasteiger partial charge on any atom is -0.507 e. The molecule has 0 saturated carbocycles. The summed E-state index contributed by atoms with van der Waals surface area (Å²) >= 11 is 0. The van der Waals surface area contributed by atoms with Crippen LogP contribution in [0.1, 0.15) is 68.8 Å². The predicted molar refractivity (Wildman–Crippen MR) is 154 cm³/mol. The Morgan fingerprint density at radius 1 is 1.09 bits per heavy atom. The van der Waals surface area contributed by atoms with Crippen LogP contribution < -0.4 is 4.74 Å². The normalized spacial score (nSPS) is 33.5. The number of Topliss-reactive ketones (excluding diaryl/α,β-unsaturated/α-hetero) is 1. The van der Waals surface area contributed by atoms with E-state index in [-0.39, 0.29) is 40.1 Å². The fourth-order valence-corrected chi connectivity index (χ4v) is 7.69. The highest BCUT2D eigenvalue weighted by Crippen LogP contribution is 2.53. The maximum Gasteiger partial charge on any atom is 0.202 e. The molecule has 0 bridgehead atoms. The van der Waals surface area contributed by atoms with Gasteiger partial charge in [0.05, 0.1) is 42.6 Å². The largest absolute Gasteiger partial charge is 0.507 e. The zero-order valence-electron chi connectivity index (χ0n) is 25.4. The van der Waals surface area contributed by atoms with Gasteiger partial charge in [0.2, 0.25) is 5.78 Å². The van der Waals surface area contributed by atoms with E-state index in [0.29, 0.717) is 19.6 Å². The van der Waals surface area contributed by atoms with E-state index in [1.165, 1.54) is 32.4 Å². The predicted octanol–water partition coefficient (Wildman–Crippen LogP) is 0.711. The molecular formula is C32H35NO13. The van der Waals surface area contributed by atoms with Crippen molar-refractivity contribution in [2.75, 3.05) is 34.0 Å². The number of methoxy groups -OCH3 is 2. The van der Waals surface area contributed by atoms with Crippen LogP contribution >= 0.6 is 0 Å². The molecule has 3 heterocycles. The molecule has 3 saturated heterocycles. The molecule has 46 heavy (non-hydrogen) atoms. The molecule has 3 fully saturated rings. The molecule has 8 atom stereocenters. The molecule has 3 aliphatic heterocycles. The molecule has 0 radical (unpaired) electrons. The number of aliphatic hydroxyl groups excluding tert-OH is 1. The summed E-state index contributed by atoms with van der Waals surface area (Å²) in [7, 11) is 2.88. The van der Waals surface area contributed by atoms with E-state index in [2.05, 4.69) is 4.90 Å². The Balaban J connectivity index is 1.30. The highest BCUT2D eigenvalue weighted by molar-refractivity contribution is 6.31. The Hall–Kier alpha value is -3.47. The van der Waals surface area contributed by atoms with Crippen molar-refractivity contribution in [3.8, 4) is 17.2 Å². The lowest BCUT2D eigenvalue weighted by atomic mass is 9.72. The third-order valence-electron chi connectivity index (χ3n) is 9.84. The van der Waals surface area contributed by atoms with Crippen LogP contribution in [0.2, 0.25) is 0 Å². The lowest BCUT2D eigenvalue weighted by molar-refractivity contribution is -0.256. The van der Waals surface area contributed by atoms with Gasteiger partial charge < -0.3 is 48.8 Å². The molecule has 7 rings (SSSR count). The second-order valence-electron chi connectivity index (χ2n) is 12.3. The van der Waals surface area contributed by atoms with E-state index in [9.17, 15) is 34.8 Å². The summed E-state index contributed by atoms with van der Waals surface area (Å²) in [4.78, 5) is 42.6. The SMILES string of the molecule is COc1cccc2c1C(=O)c1c(O)c3c(c(O)c1C2=O)C[C@@](O)(C(=O)CO)C[C@@H]3OC1C[C@H]2C(O[C@@H]3[C@@H](OC)OCCN32)[C@H](C)O1. The molecule has 0 amide bonds. The standard InChI is InChI=1S/C32H35NO13/c1-13-29-16(33-7-8-43-31(42-3)30(33)46-29)9-20(44-13)45-18-11-32(40,19(35)12-34)10-15-22(18)28(39)24-23(26(15)37)25(36)14-5-4-6-17(41-2)21(14)27(24)38/h4-6,13,16,18,20,29-31,34,37,39-40H,7-12H2,1-3H3/t13-,16-,18-,20?,29?,30+,31-,32-/m0/s1. The molecule has 2 aromatic rings. The molecule has 5 aliphatic rings. The minimum atomic E-state index is -2.23. The molecule has 0 spiro atoms. The summed E-state index contributed by atoms with van der Waals surface area (Å²) in [5, 5.41) is 44.5. The van der Waals surface area contributed by atoms with Gasteiger partial charge in [0.25, 0.3) is 0 Å². The molecule has 246 valence electrons. The van der Waals surface area contributed by atoms with Gasteiger partial charge in [-0.2, -0.15) is 0 Å². The highest BCUT2D eigenvalue weighted by Gasteiger charge is 2.55. The Bertz CT molecular complexity index is 1630. The molecule has 4 N–H and O–H groups in total. The summed E-state index contributed by atoms with van der Waals surface area (Å²) in [6, 6.07) is 4.26. The molecule has 14 heteroatoms. The zero-order valence-corrected chi connectivity index (χ0v) is 25.4. The van der Waals surface area contributed by atoms with Gasteiger partial charge in [-0.1, -0.05) is 12.1 Å². The van der Waals surface area contributed by atoms with Gasteiger partial charge in [-0.05, 0) is 13.0 Å². The maximum atomic E-state index is 13.9. The Morgan fingerprint density at radius 2 is 1.85 bits per heavy atom. The number of hydrogen-bond acceptors (Lipinski definition) is 14. The van der Waals surface area contributed by atoms with Crippen molar-refractivity contribution >= 4 is 17.3 Å². The number of carbonyl (C=O) groups excluding carboxylic acids is 3. The Morgan fingerprint density at radius 3 is 2.57 bits per heavy atom. The molecule has 2 aromatic carbocycles. The van der Waals surface area contributed by atoms with E-state index >= 15 is 0 Å². The second kappa shape index (κ2) is 11.3. The van der Waals surface area contributed by atoms with Gasteiger partial charge in [0, 0.05) is 55.6 Å². The summed E-state index contributed by atoms with van der Waals surface area (Å²) in [6.07, 6.45) is -4.79. The lowest BCUT2D eigenvalue weighted by Crippen LogP contribution is -2.55. The van der Waals surface area contributed by atoms with Crippen LogP contribution in [0.25, 0.3) is 0 Å². The number of ether oxygens (including phenoxy) is 6. The number of phenols is 2. The average molecular weight is 642 g/mol. The lowest BCUT2D eigenvalue weighted by Gasteiger charge is -2.43. The van der Waals surface area contributed by atoms with Crippen molar-refractivity contribution in [1.82, 2.24) is 4.90 Å². The average Bonchev–Trinajstić information content (AvgIpc) is 3.43. The molecule has 0 aromatic heterocycles. The number of phenolic OH excluding ortho intramolecular Hbond substituents is 2. The Labute approximate surface area is 263 Å². The van der Waals surface area contributed by atoms with Gasteiger partial charge in [-0.15, -0.1) is 0 Å². The molecule has 2 aliphatic carbocycles. The number of nitrogens with zero attached hydrogens (tertiary/aromatic N) is 1. The summed E-state index contributed by atoms with van der Waals surface area (Å²) in [5.74, 6) is -3.61. The first kappa shape index (κ1) is 31.1. The number of rotatable bonds is 6. The van der Waals surface area contributed by atoms with Crippen molar-refractivity contribution in [2.24, 2.45) is 0 Å². The van der Waals surface area contributed by atoms with Gasteiger partial charge in [-0.3, -0.25) is 19.3 Å². The van der Waals surface area contributed by atoms with Crippen LogP contribution in [0.5, 0.6) is 17.2 Å². The third kappa shape index (κ3) is 4.51. The van der Waals surface area contributed by atoms with Crippen molar-refractivity contribution < 1.29 is 63.2 Å². The van der Waals surface area contributed by atoms with Crippen molar-refractivity contribution in [2.45, 2.75) is 74.9 Å².